The number of carboxylic acid groups (broad SMARTS) is 1. The molecule has 1 amide bonds. The molecule has 1 fully saturated rings. The number of methoxy groups -OCH3 is 1. The maximum atomic E-state index is 12.5. The minimum atomic E-state index is -0.891. The molecule has 4 atom stereocenters. The highest BCUT2D eigenvalue weighted by atomic mass is 16.5. The first-order chi connectivity index (χ1) is 10.1. The van der Waals surface area contributed by atoms with Crippen molar-refractivity contribution < 1.29 is 19.4 Å². The molecule has 0 radical (unpaired) electrons. The third-order valence-electron chi connectivity index (χ3n) is 4.38. The summed E-state index contributed by atoms with van der Waals surface area (Å²) in [5.41, 5.74) is 0.621. The van der Waals surface area contributed by atoms with Crippen LogP contribution in [-0.2, 0) is 9.59 Å². The second-order valence-electron chi connectivity index (χ2n) is 5.56. The molecular formula is C16H17NO4. The molecule has 5 nitrogen and oxygen atoms in total. The molecule has 0 aromatic heterocycles. The number of hydrogen-bond acceptors (Lipinski definition) is 3. The lowest BCUT2D eigenvalue weighted by Gasteiger charge is -2.23. The number of nitrogens with one attached hydrogen (secondary N) is 1. The maximum Gasteiger partial charge on any atom is 0.307 e. The second kappa shape index (κ2) is 5.24. The summed E-state index contributed by atoms with van der Waals surface area (Å²) in [5.74, 6) is -1.58. The zero-order valence-electron chi connectivity index (χ0n) is 11.7. The van der Waals surface area contributed by atoms with Crippen molar-refractivity contribution in [3.63, 3.8) is 0 Å². The molecule has 110 valence electrons. The van der Waals surface area contributed by atoms with Crippen LogP contribution in [0.15, 0.2) is 36.4 Å². The number of fused-ring (bicyclic) bond motifs is 2. The highest BCUT2D eigenvalue weighted by molar-refractivity contribution is 5.96. The van der Waals surface area contributed by atoms with E-state index < -0.39 is 17.8 Å². The van der Waals surface area contributed by atoms with E-state index in [4.69, 9.17) is 4.74 Å². The van der Waals surface area contributed by atoms with E-state index in [1.165, 1.54) is 0 Å². The number of ether oxygens (including phenoxy) is 1. The minimum Gasteiger partial charge on any atom is -0.497 e. The van der Waals surface area contributed by atoms with E-state index in [1.54, 1.807) is 31.4 Å². The predicted octanol–water partition coefficient (Wildman–Crippen LogP) is 2.16. The number of carbonyl (C=O) groups excluding carboxylic acids is 1. The van der Waals surface area contributed by atoms with Crippen molar-refractivity contribution in [1.82, 2.24) is 0 Å². The number of rotatable bonds is 4. The Morgan fingerprint density at radius 1 is 1.24 bits per heavy atom. The SMILES string of the molecule is COc1cccc(NC(=O)[C@@H]2[C@@H](C(=O)O)[C@H]3C=C[C@H]2C3)c1. The number of hydrogen-bond donors (Lipinski definition) is 2. The molecule has 0 saturated heterocycles. The second-order valence-corrected chi connectivity index (χ2v) is 5.56. The molecule has 5 heteroatoms. The molecule has 2 bridgehead atoms. The van der Waals surface area contributed by atoms with Crippen molar-refractivity contribution in [3.8, 4) is 5.75 Å². The fourth-order valence-corrected chi connectivity index (χ4v) is 3.44. The van der Waals surface area contributed by atoms with E-state index in [0.717, 1.165) is 6.42 Å². The van der Waals surface area contributed by atoms with Crippen LogP contribution in [0.4, 0.5) is 5.69 Å². The molecule has 2 N–H and O–H groups in total. The highest BCUT2D eigenvalue weighted by Crippen LogP contribution is 2.48. The van der Waals surface area contributed by atoms with Gasteiger partial charge >= 0.3 is 5.97 Å². The Morgan fingerprint density at radius 3 is 2.62 bits per heavy atom. The van der Waals surface area contributed by atoms with Crippen LogP contribution in [-0.4, -0.2) is 24.1 Å². The number of benzene rings is 1. The van der Waals surface area contributed by atoms with Crippen LogP contribution in [0.1, 0.15) is 6.42 Å². The molecule has 21 heavy (non-hydrogen) atoms. The molecule has 1 aromatic rings. The Labute approximate surface area is 122 Å². The number of aliphatic carboxylic acids is 1. The zero-order chi connectivity index (χ0) is 15.0. The van der Waals surface area contributed by atoms with Crippen molar-refractivity contribution in [3.05, 3.63) is 36.4 Å². The summed E-state index contributed by atoms with van der Waals surface area (Å²) in [7, 11) is 1.56. The normalized spacial score (nSPS) is 29.4. The van der Waals surface area contributed by atoms with Gasteiger partial charge in [-0.1, -0.05) is 18.2 Å². The summed E-state index contributed by atoms with van der Waals surface area (Å²) < 4.78 is 5.11. The van der Waals surface area contributed by atoms with Crippen molar-refractivity contribution in [2.75, 3.05) is 12.4 Å². The molecule has 2 aliphatic carbocycles. The predicted molar refractivity (Wildman–Crippen MR) is 77.0 cm³/mol. The Bertz CT molecular complexity index is 610. The topological polar surface area (TPSA) is 75.6 Å². The smallest absolute Gasteiger partial charge is 0.307 e. The van der Waals surface area contributed by atoms with Gasteiger partial charge < -0.3 is 15.2 Å². The average molecular weight is 287 g/mol. The molecule has 0 aliphatic heterocycles. The summed E-state index contributed by atoms with van der Waals surface area (Å²) in [5, 5.41) is 12.2. The fourth-order valence-electron chi connectivity index (χ4n) is 3.44. The zero-order valence-corrected chi connectivity index (χ0v) is 11.7. The summed E-state index contributed by atoms with van der Waals surface area (Å²) in [6.07, 6.45) is 4.66. The van der Waals surface area contributed by atoms with E-state index >= 15 is 0 Å². The van der Waals surface area contributed by atoms with E-state index in [-0.39, 0.29) is 17.7 Å². The van der Waals surface area contributed by atoms with Crippen LogP contribution in [0.5, 0.6) is 5.75 Å². The van der Waals surface area contributed by atoms with Crippen LogP contribution in [0.2, 0.25) is 0 Å². The molecule has 0 unspecified atom stereocenters. The van der Waals surface area contributed by atoms with Crippen LogP contribution in [0.3, 0.4) is 0 Å². The third kappa shape index (κ3) is 2.39. The Hall–Kier alpha value is -2.30. The van der Waals surface area contributed by atoms with Crippen LogP contribution < -0.4 is 10.1 Å². The number of carbonyl (C=O) groups is 2. The molecular weight excluding hydrogens is 270 g/mol. The van der Waals surface area contributed by atoms with Gasteiger partial charge in [-0.15, -0.1) is 0 Å². The van der Waals surface area contributed by atoms with Gasteiger partial charge in [0, 0.05) is 11.8 Å². The van der Waals surface area contributed by atoms with Gasteiger partial charge in [-0.05, 0) is 30.4 Å². The van der Waals surface area contributed by atoms with Gasteiger partial charge in [0.15, 0.2) is 0 Å². The van der Waals surface area contributed by atoms with E-state index in [9.17, 15) is 14.7 Å². The van der Waals surface area contributed by atoms with Gasteiger partial charge in [-0.3, -0.25) is 9.59 Å². The van der Waals surface area contributed by atoms with Crippen molar-refractivity contribution in [2.24, 2.45) is 23.7 Å². The van der Waals surface area contributed by atoms with Gasteiger partial charge in [0.05, 0.1) is 18.9 Å². The van der Waals surface area contributed by atoms with Gasteiger partial charge in [-0.2, -0.15) is 0 Å². The van der Waals surface area contributed by atoms with Gasteiger partial charge in [0.1, 0.15) is 5.75 Å². The van der Waals surface area contributed by atoms with Crippen molar-refractivity contribution >= 4 is 17.6 Å². The lowest BCUT2D eigenvalue weighted by molar-refractivity contribution is -0.146. The maximum absolute atomic E-state index is 12.5. The summed E-state index contributed by atoms with van der Waals surface area (Å²) in [4.78, 5) is 23.9. The third-order valence-corrected chi connectivity index (χ3v) is 4.38. The van der Waals surface area contributed by atoms with E-state index in [2.05, 4.69) is 5.32 Å². The van der Waals surface area contributed by atoms with Crippen molar-refractivity contribution in [1.29, 1.82) is 0 Å². The monoisotopic (exact) mass is 287 g/mol. The van der Waals surface area contributed by atoms with Crippen LogP contribution in [0.25, 0.3) is 0 Å². The van der Waals surface area contributed by atoms with Gasteiger partial charge in [0.2, 0.25) is 5.91 Å². The van der Waals surface area contributed by atoms with Gasteiger partial charge in [-0.25, -0.2) is 0 Å². The fraction of sp³-hybridized carbons (Fsp3) is 0.375. The molecule has 1 saturated carbocycles. The first kappa shape index (κ1) is 13.7. The number of allylic oxidation sites excluding steroid dienone is 2. The number of carboxylic acids is 1. The Kier molecular flexibility index (Phi) is 3.41. The quantitative estimate of drug-likeness (QED) is 0.832. The van der Waals surface area contributed by atoms with Crippen LogP contribution >= 0.6 is 0 Å². The lowest BCUT2D eigenvalue weighted by Crippen LogP contribution is -2.36. The van der Waals surface area contributed by atoms with E-state index in [0.29, 0.717) is 11.4 Å². The molecule has 3 rings (SSSR count). The standard InChI is InChI=1S/C16H17NO4/c1-21-12-4-2-3-11(8-12)17-15(18)13-9-5-6-10(7-9)14(13)16(19)20/h2-6,8-10,13-14H,7H2,1H3,(H,17,18)(H,19,20)/t9-,10-,13-,14-/m0/s1. The first-order valence-electron chi connectivity index (χ1n) is 6.96. The Morgan fingerprint density at radius 2 is 1.95 bits per heavy atom. The Balaban J connectivity index is 1.78. The van der Waals surface area contributed by atoms with Crippen molar-refractivity contribution in [2.45, 2.75) is 6.42 Å². The largest absolute Gasteiger partial charge is 0.497 e. The molecule has 1 aromatic carbocycles. The molecule has 0 heterocycles. The summed E-state index contributed by atoms with van der Waals surface area (Å²) in [6.45, 7) is 0. The highest BCUT2D eigenvalue weighted by Gasteiger charge is 2.51. The number of amides is 1. The summed E-state index contributed by atoms with van der Waals surface area (Å²) >= 11 is 0. The first-order valence-corrected chi connectivity index (χ1v) is 6.96. The van der Waals surface area contributed by atoms with Gasteiger partial charge in [0.25, 0.3) is 0 Å². The van der Waals surface area contributed by atoms with E-state index in [1.807, 2.05) is 12.2 Å². The number of anilines is 1. The minimum absolute atomic E-state index is 0.0199. The molecule has 2 aliphatic rings. The lowest BCUT2D eigenvalue weighted by atomic mass is 9.82. The summed E-state index contributed by atoms with van der Waals surface area (Å²) in [6, 6.07) is 7.05. The molecule has 0 spiro atoms. The van der Waals surface area contributed by atoms with Crippen LogP contribution in [0, 0.1) is 23.7 Å². The average Bonchev–Trinajstić information content (AvgIpc) is 3.07.